The predicted octanol–water partition coefficient (Wildman–Crippen LogP) is 2.19. The second-order valence-electron chi connectivity index (χ2n) is 3.77. The summed E-state index contributed by atoms with van der Waals surface area (Å²) in [6.45, 7) is 3.55. The fraction of sp³-hybridized carbons (Fsp3) is 0.462. The Hall–Kier alpha value is -1.37. The zero-order chi connectivity index (χ0) is 11.8. The number of rotatable bonds is 6. The van der Waals surface area contributed by atoms with Crippen LogP contribution >= 0.6 is 0 Å². The minimum atomic E-state index is -0.225. The molecule has 0 radical (unpaired) electrons. The molecule has 3 nitrogen and oxygen atoms in total. The zero-order valence-corrected chi connectivity index (χ0v) is 9.86. The number of methoxy groups -OCH3 is 1. The van der Waals surface area contributed by atoms with Gasteiger partial charge in [0.1, 0.15) is 6.04 Å². The summed E-state index contributed by atoms with van der Waals surface area (Å²) in [5, 5.41) is 12.3. The summed E-state index contributed by atoms with van der Waals surface area (Å²) in [7, 11) is 1.68. The minimum absolute atomic E-state index is 0.225. The van der Waals surface area contributed by atoms with E-state index in [0.717, 1.165) is 25.1 Å². The highest BCUT2D eigenvalue weighted by atomic mass is 16.5. The first kappa shape index (κ1) is 12.7. The number of aryl methyl sites for hydroxylation is 1. The largest absolute Gasteiger partial charge is 0.385 e. The van der Waals surface area contributed by atoms with E-state index in [1.165, 1.54) is 5.56 Å². The standard InChI is InChI=1S/C13H18N2O/c1-11-4-6-12(7-5-11)13(10-14)15-8-3-9-16-2/h4-7,13,15H,3,8-9H2,1-2H3. The van der Waals surface area contributed by atoms with Gasteiger partial charge in [-0.05, 0) is 25.5 Å². The van der Waals surface area contributed by atoms with Crippen LogP contribution in [0.5, 0.6) is 0 Å². The van der Waals surface area contributed by atoms with Gasteiger partial charge < -0.3 is 4.74 Å². The molecular weight excluding hydrogens is 200 g/mol. The summed E-state index contributed by atoms with van der Waals surface area (Å²) in [5.41, 5.74) is 2.23. The second-order valence-corrected chi connectivity index (χ2v) is 3.77. The molecule has 0 saturated carbocycles. The van der Waals surface area contributed by atoms with Crippen molar-refractivity contribution in [1.82, 2.24) is 5.32 Å². The van der Waals surface area contributed by atoms with Crippen molar-refractivity contribution in [3.8, 4) is 6.07 Å². The van der Waals surface area contributed by atoms with Gasteiger partial charge in [0.15, 0.2) is 0 Å². The van der Waals surface area contributed by atoms with Crippen molar-refractivity contribution >= 4 is 0 Å². The van der Waals surface area contributed by atoms with Gasteiger partial charge in [-0.1, -0.05) is 29.8 Å². The van der Waals surface area contributed by atoms with Crippen molar-refractivity contribution in [3.05, 3.63) is 35.4 Å². The van der Waals surface area contributed by atoms with E-state index in [4.69, 9.17) is 10.00 Å². The van der Waals surface area contributed by atoms with Gasteiger partial charge in [0.25, 0.3) is 0 Å². The van der Waals surface area contributed by atoms with Crippen LogP contribution in [-0.2, 0) is 4.74 Å². The third-order valence-electron chi connectivity index (χ3n) is 2.41. The molecule has 16 heavy (non-hydrogen) atoms. The molecule has 0 saturated heterocycles. The Morgan fingerprint density at radius 3 is 2.62 bits per heavy atom. The highest BCUT2D eigenvalue weighted by Gasteiger charge is 2.08. The number of hydrogen-bond donors (Lipinski definition) is 1. The molecule has 1 aromatic rings. The fourth-order valence-electron chi connectivity index (χ4n) is 1.46. The van der Waals surface area contributed by atoms with Crippen molar-refractivity contribution in [1.29, 1.82) is 5.26 Å². The van der Waals surface area contributed by atoms with Crippen LogP contribution in [0.2, 0.25) is 0 Å². The molecule has 1 N–H and O–H groups in total. The third-order valence-corrected chi connectivity index (χ3v) is 2.41. The van der Waals surface area contributed by atoms with Gasteiger partial charge in [0.05, 0.1) is 6.07 Å². The van der Waals surface area contributed by atoms with Crippen molar-refractivity contribution in [2.45, 2.75) is 19.4 Å². The molecule has 1 atom stereocenters. The van der Waals surface area contributed by atoms with Crippen molar-refractivity contribution < 1.29 is 4.74 Å². The van der Waals surface area contributed by atoms with Crippen LogP contribution in [0.1, 0.15) is 23.6 Å². The Morgan fingerprint density at radius 2 is 2.06 bits per heavy atom. The topological polar surface area (TPSA) is 45.0 Å². The first-order chi connectivity index (χ1) is 7.77. The van der Waals surface area contributed by atoms with Crippen LogP contribution in [0.25, 0.3) is 0 Å². The Bertz CT molecular complexity index is 340. The molecule has 1 unspecified atom stereocenters. The number of nitrogens with one attached hydrogen (secondary N) is 1. The molecule has 0 aromatic heterocycles. The molecule has 3 heteroatoms. The lowest BCUT2D eigenvalue weighted by Gasteiger charge is -2.11. The summed E-state index contributed by atoms with van der Waals surface area (Å²) < 4.78 is 4.96. The molecule has 0 heterocycles. The summed E-state index contributed by atoms with van der Waals surface area (Å²) in [5.74, 6) is 0. The lowest BCUT2D eigenvalue weighted by molar-refractivity contribution is 0.194. The monoisotopic (exact) mass is 218 g/mol. The van der Waals surface area contributed by atoms with Crippen LogP contribution < -0.4 is 5.32 Å². The summed E-state index contributed by atoms with van der Waals surface area (Å²) in [6, 6.07) is 10.1. The number of nitrogens with zero attached hydrogens (tertiary/aromatic N) is 1. The lowest BCUT2D eigenvalue weighted by Crippen LogP contribution is -2.22. The second kappa shape index (κ2) is 7.00. The van der Waals surface area contributed by atoms with Gasteiger partial charge in [-0.15, -0.1) is 0 Å². The summed E-state index contributed by atoms with van der Waals surface area (Å²) in [6.07, 6.45) is 0.917. The van der Waals surface area contributed by atoms with Crippen LogP contribution in [0, 0.1) is 18.3 Å². The van der Waals surface area contributed by atoms with E-state index in [-0.39, 0.29) is 6.04 Å². The highest BCUT2D eigenvalue weighted by Crippen LogP contribution is 2.12. The Kier molecular flexibility index (Phi) is 5.55. The Balaban J connectivity index is 2.48. The molecule has 1 aromatic carbocycles. The van der Waals surface area contributed by atoms with Gasteiger partial charge in [-0.3, -0.25) is 5.32 Å². The van der Waals surface area contributed by atoms with Crippen molar-refractivity contribution in [3.63, 3.8) is 0 Å². The van der Waals surface area contributed by atoms with Crippen molar-refractivity contribution in [2.75, 3.05) is 20.3 Å². The summed E-state index contributed by atoms with van der Waals surface area (Å²) in [4.78, 5) is 0. The smallest absolute Gasteiger partial charge is 0.121 e. The van der Waals surface area contributed by atoms with Crippen LogP contribution in [-0.4, -0.2) is 20.3 Å². The number of nitriles is 1. The highest BCUT2D eigenvalue weighted by molar-refractivity contribution is 5.27. The zero-order valence-electron chi connectivity index (χ0n) is 9.86. The third kappa shape index (κ3) is 4.01. The van der Waals surface area contributed by atoms with Gasteiger partial charge in [-0.2, -0.15) is 5.26 Å². The Labute approximate surface area is 97.0 Å². The molecular formula is C13H18N2O. The van der Waals surface area contributed by atoms with Gasteiger partial charge in [-0.25, -0.2) is 0 Å². The molecule has 0 amide bonds. The van der Waals surface area contributed by atoms with Crippen molar-refractivity contribution in [2.24, 2.45) is 0 Å². The van der Waals surface area contributed by atoms with E-state index >= 15 is 0 Å². The molecule has 0 aliphatic rings. The summed E-state index contributed by atoms with van der Waals surface area (Å²) >= 11 is 0. The minimum Gasteiger partial charge on any atom is -0.385 e. The first-order valence-electron chi connectivity index (χ1n) is 5.46. The molecule has 0 aliphatic heterocycles. The average molecular weight is 218 g/mol. The first-order valence-corrected chi connectivity index (χ1v) is 5.46. The van der Waals surface area contributed by atoms with Gasteiger partial charge in [0, 0.05) is 13.7 Å². The SMILES string of the molecule is COCCCNC(C#N)c1ccc(C)cc1. The molecule has 0 bridgehead atoms. The maximum Gasteiger partial charge on any atom is 0.121 e. The molecule has 0 aliphatic carbocycles. The number of hydrogen-bond acceptors (Lipinski definition) is 3. The number of benzene rings is 1. The van der Waals surface area contributed by atoms with Crippen LogP contribution in [0.4, 0.5) is 0 Å². The van der Waals surface area contributed by atoms with Crippen LogP contribution in [0.3, 0.4) is 0 Å². The maximum atomic E-state index is 9.06. The molecule has 0 fully saturated rings. The molecule has 86 valence electrons. The van der Waals surface area contributed by atoms with E-state index < -0.39 is 0 Å². The normalized spacial score (nSPS) is 12.1. The van der Waals surface area contributed by atoms with E-state index in [0.29, 0.717) is 0 Å². The fourth-order valence-corrected chi connectivity index (χ4v) is 1.46. The van der Waals surface area contributed by atoms with Crippen LogP contribution in [0.15, 0.2) is 24.3 Å². The van der Waals surface area contributed by atoms with E-state index in [2.05, 4.69) is 11.4 Å². The van der Waals surface area contributed by atoms with Gasteiger partial charge in [0.2, 0.25) is 0 Å². The average Bonchev–Trinajstić information content (AvgIpc) is 2.31. The van der Waals surface area contributed by atoms with E-state index in [9.17, 15) is 0 Å². The molecule has 0 spiro atoms. The van der Waals surface area contributed by atoms with E-state index in [1.54, 1.807) is 7.11 Å². The Morgan fingerprint density at radius 1 is 1.38 bits per heavy atom. The van der Waals surface area contributed by atoms with E-state index in [1.807, 2.05) is 31.2 Å². The number of ether oxygens (including phenoxy) is 1. The van der Waals surface area contributed by atoms with Gasteiger partial charge >= 0.3 is 0 Å². The lowest BCUT2D eigenvalue weighted by atomic mass is 10.1. The predicted molar refractivity (Wildman–Crippen MR) is 64.0 cm³/mol. The quantitative estimate of drug-likeness (QED) is 0.744. The maximum absolute atomic E-state index is 9.06. The molecule has 1 rings (SSSR count).